The summed E-state index contributed by atoms with van der Waals surface area (Å²) in [6.07, 6.45) is 0. The van der Waals surface area contributed by atoms with Crippen molar-refractivity contribution in [3.8, 4) is 0 Å². The molecule has 0 fully saturated rings. The number of nitrogens with one attached hydrogen (secondary N) is 1. The standard InChI is InChI=1S/C17H14Cl2N2O4S/c18-11-3-6-13(19)14(7-11)26-9-16(23)25-8-15(22)21-12-4-1-10(2-5-12)17(20)24/h1-7H,8-9H2,(H2,20,24)(H,21,22). The Hall–Kier alpha value is -2.22. The minimum Gasteiger partial charge on any atom is -0.455 e. The summed E-state index contributed by atoms with van der Waals surface area (Å²) < 4.78 is 4.91. The van der Waals surface area contributed by atoms with Crippen molar-refractivity contribution in [3.05, 3.63) is 58.1 Å². The topological polar surface area (TPSA) is 98.5 Å². The van der Waals surface area contributed by atoms with Gasteiger partial charge in [0.25, 0.3) is 5.91 Å². The number of amides is 2. The van der Waals surface area contributed by atoms with E-state index in [-0.39, 0.29) is 5.75 Å². The number of benzene rings is 2. The fraction of sp³-hybridized carbons (Fsp3) is 0.118. The van der Waals surface area contributed by atoms with Crippen molar-refractivity contribution >= 4 is 58.4 Å². The van der Waals surface area contributed by atoms with Gasteiger partial charge in [-0.25, -0.2) is 0 Å². The van der Waals surface area contributed by atoms with E-state index in [1.54, 1.807) is 18.2 Å². The molecule has 0 aliphatic rings. The van der Waals surface area contributed by atoms with E-state index in [4.69, 9.17) is 33.7 Å². The fourth-order valence-electron chi connectivity index (χ4n) is 1.83. The molecule has 0 aromatic heterocycles. The number of carbonyl (C=O) groups is 3. The monoisotopic (exact) mass is 412 g/mol. The van der Waals surface area contributed by atoms with E-state index >= 15 is 0 Å². The van der Waals surface area contributed by atoms with Crippen LogP contribution in [0.2, 0.25) is 10.0 Å². The molecule has 9 heteroatoms. The zero-order valence-corrected chi connectivity index (χ0v) is 15.7. The Kier molecular flexibility index (Phi) is 7.32. The molecule has 0 radical (unpaired) electrons. The Morgan fingerprint density at radius 3 is 2.42 bits per heavy atom. The van der Waals surface area contributed by atoms with Crippen molar-refractivity contribution in [1.29, 1.82) is 0 Å². The number of esters is 1. The third kappa shape index (κ3) is 6.25. The van der Waals surface area contributed by atoms with Gasteiger partial charge >= 0.3 is 5.97 Å². The molecule has 0 spiro atoms. The van der Waals surface area contributed by atoms with E-state index in [0.717, 1.165) is 11.8 Å². The van der Waals surface area contributed by atoms with Crippen molar-refractivity contribution in [2.24, 2.45) is 5.73 Å². The van der Waals surface area contributed by atoms with Crippen LogP contribution >= 0.6 is 35.0 Å². The van der Waals surface area contributed by atoms with E-state index in [1.165, 1.54) is 24.3 Å². The molecule has 0 heterocycles. The molecule has 0 unspecified atom stereocenters. The van der Waals surface area contributed by atoms with Gasteiger partial charge in [-0.05, 0) is 42.5 Å². The van der Waals surface area contributed by atoms with Crippen LogP contribution in [0, 0.1) is 0 Å². The summed E-state index contributed by atoms with van der Waals surface area (Å²) in [6, 6.07) is 10.9. The molecule has 0 saturated heterocycles. The number of hydrogen-bond donors (Lipinski definition) is 2. The Morgan fingerprint density at radius 1 is 1.08 bits per heavy atom. The van der Waals surface area contributed by atoms with Crippen molar-refractivity contribution in [2.45, 2.75) is 4.90 Å². The van der Waals surface area contributed by atoms with Crippen molar-refractivity contribution in [3.63, 3.8) is 0 Å². The summed E-state index contributed by atoms with van der Waals surface area (Å²) in [5, 5.41) is 3.52. The van der Waals surface area contributed by atoms with Gasteiger partial charge in [0.1, 0.15) is 0 Å². The predicted molar refractivity (Wildman–Crippen MR) is 102 cm³/mol. The summed E-state index contributed by atoms with van der Waals surface area (Å²) in [6.45, 7) is -0.430. The van der Waals surface area contributed by atoms with Crippen LogP contribution in [0.4, 0.5) is 5.69 Å². The molecule has 2 rings (SSSR count). The molecule has 6 nitrogen and oxygen atoms in total. The average Bonchev–Trinajstić information content (AvgIpc) is 2.61. The number of hydrogen-bond acceptors (Lipinski definition) is 5. The molecular weight excluding hydrogens is 399 g/mol. The molecular formula is C17H14Cl2N2O4S. The quantitative estimate of drug-likeness (QED) is 0.536. The lowest BCUT2D eigenvalue weighted by molar-refractivity contribution is -0.144. The molecule has 0 saturated carbocycles. The minimum absolute atomic E-state index is 0.0132. The molecule has 0 aliphatic carbocycles. The first-order valence-corrected chi connectivity index (χ1v) is 9.02. The number of nitrogens with two attached hydrogens (primary N) is 1. The van der Waals surface area contributed by atoms with Gasteiger partial charge in [-0.15, -0.1) is 11.8 Å². The van der Waals surface area contributed by atoms with Crippen LogP contribution in [0.3, 0.4) is 0 Å². The molecule has 26 heavy (non-hydrogen) atoms. The van der Waals surface area contributed by atoms with E-state index in [2.05, 4.69) is 5.32 Å². The molecule has 2 amide bonds. The Balaban J connectivity index is 1.76. The van der Waals surface area contributed by atoms with Gasteiger partial charge in [0.2, 0.25) is 5.91 Å². The Labute approximate surface area is 164 Å². The lowest BCUT2D eigenvalue weighted by atomic mass is 10.2. The first-order valence-electron chi connectivity index (χ1n) is 7.28. The van der Waals surface area contributed by atoms with Crippen LogP contribution in [0.5, 0.6) is 0 Å². The van der Waals surface area contributed by atoms with Crippen molar-refractivity contribution in [1.82, 2.24) is 0 Å². The third-order valence-electron chi connectivity index (χ3n) is 3.06. The number of halogens is 2. The van der Waals surface area contributed by atoms with Gasteiger partial charge in [0.15, 0.2) is 6.61 Å². The maximum Gasteiger partial charge on any atom is 0.316 e. The van der Waals surface area contributed by atoms with Crippen molar-refractivity contribution < 1.29 is 19.1 Å². The van der Waals surface area contributed by atoms with E-state index in [9.17, 15) is 14.4 Å². The van der Waals surface area contributed by atoms with Crippen molar-refractivity contribution in [2.75, 3.05) is 17.7 Å². The van der Waals surface area contributed by atoms with Gasteiger partial charge in [-0.2, -0.15) is 0 Å². The lowest BCUT2D eigenvalue weighted by Crippen LogP contribution is -2.21. The van der Waals surface area contributed by atoms with Crippen LogP contribution in [0.25, 0.3) is 0 Å². The number of rotatable bonds is 7. The highest BCUT2D eigenvalue weighted by Gasteiger charge is 2.11. The summed E-state index contributed by atoms with van der Waals surface area (Å²) in [5.41, 5.74) is 5.91. The maximum atomic E-state index is 11.8. The van der Waals surface area contributed by atoms with E-state index < -0.39 is 24.4 Å². The number of anilines is 1. The second kappa shape index (κ2) is 9.47. The average molecular weight is 413 g/mol. The smallest absolute Gasteiger partial charge is 0.316 e. The van der Waals surface area contributed by atoms with Gasteiger partial charge < -0.3 is 15.8 Å². The molecule has 0 aliphatic heterocycles. The highest BCUT2D eigenvalue weighted by atomic mass is 35.5. The van der Waals surface area contributed by atoms with Crippen LogP contribution < -0.4 is 11.1 Å². The second-order valence-corrected chi connectivity index (χ2v) is 6.87. The zero-order valence-electron chi connectivity index (χ0n) is 13.3. The van der Waals surface area contributed by atoms with Crippen LogP contribution in [-0.4, -0.2) is 30.1 Å². The number of ether oxygens (including phenoxy) is 1. The summed E-state index contributed by atoms with van der Waals surface area (Å²) in [4.78, 5) is 35.1. The molecule has 2 aromatic rings. The molecule has 0 atom stereocenters. The van der Waals surface area contributed by atoms with Gasteiger partial charge in [0, 0.05) is 21.2 Å². The number of carbonyl (C=O) groups excluding carboxylic acids is 3. The zero-order chi connectivity index (χ0) is 19.1. The third-order valence-corrected chi connectivity index (χ3v) is 4.76. The van der Waals surface area contributed by atoms with E-state index in [0.29, 0.717) is 26.2 Å². The first-order chi connectivity index (χ1) is 12.3. The Morgan fingerprint density at radius 2 is 1.77 bits per heavy atom. The van der Waals surface area contributed by atoms with Gasteiger partial charge in [-0.1, -0.05) is 23.2 Å². The predicted octanol–water partition coefficient (Wildman–Crippen LogP) is 3.37. The molecule has 136 valence electrons. The second-order valence-electron chi connectivity index (χ2n) is 5.01. The van der Waals surface area contributed by atoms with Crippen LogP contribution in [0.1, 0.15) is 10.4 Å². The molecule has 3 N–H and O–H groups in total. The van der Waals surface area contributed by atoms with Crippen LogP contribution in [-0.2, 0) is 14.3 Å². The summed E-state index contributed by atoms with van der Waals surface area (Å²) >= 11 is 13.0. The number of primary amides is 1. The molecule has 0 bridgehead atoms. The normalized spacial score (nSPS) is 10.2. The molecule has 2 aromatic carbocycles. The first kappa shape index (κ1) is 20.1. The lowest BCUT2D eigenvalue weighted by Gasteiger charge is -2.08. The summed E-state index contributed by atoms with van der Waals surface area (Å²) in [5.74, 6) is -1.64. The Bertz CT molecular complexity index is 828. The number of thioether (sulfide) groups is 1. The van der Waals surface area contributed by atoms with Gasteiger partial charge in [-0.3, -0.25) is 14.4 Å². The highest BCUT2D eigenvalue weighted by Crippen LogP contribution is 2.29. The SMILES string of the molecule is NC(=O)c1ccc(NC(=O)COC(=O)CSc2cc(Cl)ccc2Cl)cc1. The van der Waals surface area contributed by atoms with Crippen LogP contribution in [0.15, 0.2) is 47.4 Å². The fourth-order valence-corrected chi connectivity index (χ4v) is 3.12. The van der Waals surface area contributed by atoms with Gasteiger partial charge in [0.05, 0.1) is 10.8 Å². The van der Waals surface area contributed by atoms with E-state index in [1.807, 2.05) is 0 Å². The largest absolute Gasteiger partial charge is 0.455 e. The maximum absolute atomic E-state index is 11.8. The minimum atomic E-state index is -0.565. The summed E-state index contributed by atoms with van der Waals surface area (Å²) in [7, 11) is 0. The highest BCUT2D eigenvalue weighted by molar-refractivity contribution is 8.00.